The molecule has 0 aliphatic heterocycles. The Bertz CT molecular complexity index is 672. The molecular weight excluding hydrogens is 272 g/mol. The van der Waals surface area contributed by atoms with Gasteiger partial charge in [-0.15, -0.1) is 11.8 Å². The summed E-state index contributed by atoms with van der Waals surface area (Å²) < 4.78 is 0. The Labute approximate surface area is 121 Å². The second-order valence-corrected chi connectivity index (χ2v) is 5.35. The van der Waals surface area contributed by atoms with Crippen LogP contribution in [0.5, 0.6) is 0 Å². The van der Waals surface area contributed by atoms with Gasteiger partial charge in [-0.2, -0.15) is 10.4 Å². The van der Waals surface area contributed by atoms with Crippen LogP contribution in [-0.4, -0.2) is 21.9 Å². The topological polar surface area (TPSA) is 81.6 Å². The molecule has 1 amide bonds. The van der Waals surface area contributed by atoms with Gasteiger partial charge in [0.05, 0.1) is 0 Å². The minimum absolute atomic E-state index is 0.253. The first kappa shape index (κ1) is 14.2. The van der Waals surface area contributed by atoms with Crippen LogP contribution in [0, 0.1) is 18.3 Å². The fraction of sp³-hybridized carbons (Fsp3) is 0.214. The number of nitriles is 1. The molecule has 1 aromatic heterocycles. The van der Waals surface area contributed by atoms with E-state index in [0.29, 0.717) is 22.0 Å². The number of hydrogen-bond donors (Lipinski definition) is 2. The highest BCUT2D eigenvalue weighted by atomic mass is 32.2. The van der Waals surface area contributed by atoms with Gasteiger partial charge in [-0.1, -0.05) is 25.1 Å². The Kier molecular flexibility index (Phi) is 4.43. The van der Waals surface area contributed by atoms with Crippen LogP contribution >= 0.6 is 11.8 Å². The lowest BCUT2D eigenvalue weighted by atomic mass is 10.1. The predicted molar refractivity (Wildman–Crippen MR) is 78.8 cm³/mol. The fourth-order valence-electron chi connectivity index (χ4n) is 1.77. The number of aromatic nitrogens is 2. The molecule has 0 aliphatic carbocycles. The zero-order valence-electron chi connectivity index (χ0n) is 11.2. The summed E-state index contributed by atoms with van der Waals surface area (Å²) in [6, 6.07) is 9.36. The highest BCUT2D eigenvalue weighted by Crippen LogP contribution is 2.25. The molecule has 0 radical (unpaired) electrons. The van der Waals surface area contributed by atoms with E-state index in [9.17, 15) is 10.1 Å². The van der Waals surface area contributed by atoms with Crippen molar-refractivity contribution in [3.8, 4) is 6.07 Å². The second-order valence-electron chi connectivity index (χ2n) is 4.09. The molecule has 0 bridgehead atoms. The Morgan fingerprint density at radius 1 is 1.50 bits per heavy atom. The highest BCUT2D eigenvalue weighted by molar-refractivity contribution is 7.99. The first-order valence-electron chi connectivity index (χ1n) is 6.15. The average molecular weight is 286 g/mol. The minimum Gasteiger partial charge on any atom is -0.306 e. The molecule has 2 aromatic rings. The second kappa shape index (κ2) is 6.26. The van der Waals surface area contributed by atoms with E-state index in [1.807, 2.05) is 26.0 Å². The van der Waals surface area contributed by atoms with Crippen molar-refractivity contribution in [3.63, 3.8) is 0 Å². The molecule has 0 atom stereocenters. The third-order valence-electron chi connectivity index (χ3n) is 2.75. The molecular formula is C14H14N4OS. The number of benzene rings is 1. The van der Waals surface area contributed by atoms with Crippen molar-refractivity contribution in [2.75, 3.05) is 11.1 Å². The minimum atomic E-state index is -0.253. The van der Waals surface area contributed by atoms with Crippen LogP contribution in [-0.2, 0) is 0 Å². The fourth-order valence-corrected chi connectivity index (χ4v) is 2.44. The van der Waals surface area contributed by atoms with Crippen molar-refractivity contribution in [1.29, 1.82) is 5.26 Å². The smallest absolute Gasteiger partial charge is 0.257 e. The number of anilines is 1. The van der Waals surface area contributed by atoms with Gasteiger partial charge in [0.2, 0.25) is 0 Å². The number of thioether (sulfide) groups is 1. The Balaban J connectivity index is 2.25. The van der Waals surface area contributed by atoms with Crippen LogP contribution in [0.15, 0.2) is 29.3 Å². The molecule has 2 rings (SSSR count). The number of amides is 1. The summed E-state index contributed by atoms with van der Waals surface area (Å²) >= 11 is 1.46. The first-order valence-corrected chi connectivity index (χ1v) is 7.14. The number of aromatic amines is 1. The standard InChI is InChI=1S/C14H14N4OS/c1-3-20-14-11(8-15)12(17-18-14)16-13(19)10-7-5-4-6-9(10)2/h4-7H,3H2,1-2H3,(H2,16,17,18,19). The maximum Gasteiger partial charge on any atom is 0.257 e. The van der Waals surface area contributed by atoms with E-state index in [-0.39, 0.29) is 5.91 Å². The Morgan fingerprint density at radius 2 is 2.25 bits per heavy atom. The van der Waals surface area contributed by atoms with E-state index in [2.05, 4.69) is 21.6 Å². The van der Waals surface area contributed by atoms with Crippen molar-refractivity contribution >= 4 is 23.5 Å². The SMILES string of the molecule is CCSc1n[nH]c(NC(=O)c2ccccc2C)c1C#N. The van der Waals surface area contributed by atoms with Crippen LogP contribution in [0.2, 0.25) is 0 Å². The summed E-state index contributed by atoms with van der Waals surface area (Å²) in [5, 5.41) is 19.2. The van der Waals surface area contributed by atoms with Crippen LogP contribution in [0.25, 0.3) is 0 Å². The third-order valence-corrected chi connectivity index (χ3v) is 3.61. The Morgan fingerprint density at radius 3 is 2.90 bits per heavy atom. The number of rotatable bonds is 4. The molecule has 6 heteroatoms. The zero-order chi connectivity index (χ0) is 14.5. The van der Waals surface area contributed by atoms with Crippen LogP contribution < -0.4 is 5.32 Å². The lowest BCUT2D eigenvalue weighted by molar-refractivity contribution is 0.102. The average Bonchev–Trinajstić information content (AvgIpc) is 2.81. The summed E-state index contributed by atoms with van der Waals surface area (Å²) in [5.74, 6) is 0.901. The van der Waals surface area contributed by atoms with Crippen molar-refractivity contribution in [1.82, 2.24) is 10.2 Å². The zero-order valence-corrected chi connectivity index (χ0v) is 12.0. The number of hydrogen-bond acceptors (Lipinski definition) is 4. The number of carbonyl (C=O) groups excluding carboxylic acids is 1. The molecule has 1 heterocycles. The van der Waals surface area contributed by atoms with Crippen molar-refractivity contribution in [3.05, 3.63) is 41.0 Å². The van der Waals surface area contributed by atoms with Crippen molar-refractivity contribution in [2.45, 2.75) is 18.9 Å². The molecule has 0 spiro atoms. The molecule has 0 fully saturated rings. The van der Waals surface area contributed by atoms with Gasteiger partial charge in [-0.05, 0) is 24.3 Å². The van der Waals surface area contributed by atoms with Gasteiger partial charge < -0.3 is 5.32 Å². The monoisotopic (exact) mass is 286 g/mol. The number of H-pyrrole nitrogens is 1. The molecule has 1 aromatic carbocycles. The van der Waals surface area contributed by atoms with Crippen LogP contribution in [0.1, 0.15) is 28.4 Å². The van der Waals surface area contributed by atoms with Gasteiger partial charge in [-0.3, -0.25) is 9.89 Å². The van der Waals surface area contributed by atoms with Crippen LogP contribution in [0.4, 0.5) is 5.82 Å². The van der Waals surface area contributed by atoms with Gasteiger partial charge in [0, 0.05) is 5.56 Å². The summed E-state index contributed by atoms with van der Waals surface area (Å²) in [6.07, 6.45) is 0. The maximum absolute atomic E-state index is 12.2. The van der Waals surface area contributed by atoms with E-state index in [0.717, 1.165) is 11.3 Å². The summed E-state index contributed by atoms with van der Waals surface area (Å²) in [7, 11) is 0. The van der Waals surface area contributed by atoms with Crippen LogP contribution in [0.3, 0.4) is 0 Å². The number of carbonyl (C=O) groups is 1. The highest BCUT2D eigenvalue weighted by Gasteiger charge is 2.16. The first-order chi connectivity index (χ1) is 9.67. The number of nitrogens with zero attached hydrogens (tertiary/aromatic N) is 2. The molecule has 2 N–H and O–H groups in total. The van der Waals surface area contributed by atoms with E-state index >= 15 is 0 Å². The van der Waals surface area contributed by atoms with E-state index in [1.165, 1.54) is 11.8 Å². The quantitative estimate of drug-likeness (QED) is 0.847. The summed E-state index contributed by atoms with van der Waals surface area (Å²) in [5.41, 5.74) is 1.83. The molecule has 20 heavy (non-hydrogen) atoms. The van der Waals surface area contributed by atoms with Gasteiger partial charge in [-0.25, -0.2) is 0 Å². The van der Waals surface area contributed by atoms with Gasteiger partial charge in [0.25, 0.3) is 5.91 Å². The molecule has 0 saturated heterocycles. The van der Waals surface area contributed by atoms with E-state index in [1.54, 1.807) is 12.1 Å². The molecule has 0 saturated carbocycles. The largest absolute Gasteiger partial charge is 0.306 e. The lowest BCUT2D eigenvalue weighted by Crippen LogP contribution is -2.14. The number of aryl methyl sites for hydroxylation is 1. The summed E-state index contributed by atoms with van der Waals surface area (Å²) in [6.45, 7) is 3.84. The molecule has 102 valence electrons. The van der Waals surface area contributed by atoms with Gasteiger partial charge in [0.1, 0.15) is 22.5 Å². The molecule has 0 unspecified atom stereocenters. The summed E-state index contributed by atoms with van der Waals surface area (Å²) in [4.78, 5) is 12.2. The van der Waals surface area contributed by atoms with E-state index < -0.39 is 0 Å². The third kappa shape index (κ3) is 2.83. The van der Waals surface area contributed by atoms with E-state index in [4.69, 9.17) is 0 Å². The van der Waals surface area contributed by atoms with Gasteiger partial charge in [0.15, 0.2) is 0 Å². The lowest BCUT2D eigenvalue weighted by Gasteiger charge is -2.05. The van der Waals surface area contributed by atoms with Gasteiger partial charge >= 0.3 is 0 Å². The molecule has 0 aliphatic rings. The van der Waals surface area contributed by atoms with Crippen molar-refractivity contribution in [2.24, 2.45) is 0 Å². The van der Waals surface area contributed by atoms with Crippen molar-refractivity contribution < 1.29 is 4.79 Å². The normalized spacial score (nSPS) is 10.1. The predicted octanol–water partition coefficient (Wildman–Crippen LogP) is 2.95. The Hall–Kier alpha value is -2.26. The maximum atomic E-state index is 12.2. The number of nitrogens with one attached hydrogen (secondary N) is 2. The molecule has 5 nitrogen and oxygen atoms in total.